The number of hydrogen-bond acceptors (Lipinski definition) is 6. The molecular formula is C27H25N3O5. The van der Waals surface area contributed by atoms with Gasteiger partial charge >= 0.3 is 0 Å². The van der Waals surface area contributed by atoms with Gasteiger partial charge in [0.05, 0.1) is 12.1 Å². The molecule has 1 aliphatic heterocycles. The quantitative estimate of drug-likeness (QED) is 0.436. The minimum atomic E-state index is -0.336. The van der Waals surface area contributed by atoms with Crippen molar-refractivity contribution in [2.45, 2.75) is 44.2 Å². The molecule has 2 aliphatic carbocycles. The number of hydrogen-bond donors (Lipinski definition) is 4. The lowest BCUT2D eigenvalue weighted by Crippen LogP contribution is -2.33. The van der Waals surface area contributed by atoms with Gasteiger partial charge in [0.1, 0.15) is 23.1 Å². The minimum Gasteiger partial charge on any atom is -0.508 e. The van der Waals surface area contributed by atoms with Gasteiger partial charge < -0.3 is 25.6 Å². The Kier molecular flexibility index (Phi) is 4.82. The number of aryl methyl sites for hydroxylation is 1. The first-order valence-electron chi connectivity index (χ1n) is 11.7. The first-order valence-corrected chi connectivity index (χ1v) is 11.7. The molecule has 0 spiro atoms. The highest BCUT2D eigenvalue weighted by molar-refractivity contribution is 5.96. The van der Waals surface area contributed by atoms with Crippen LogP contribution in [0.2, 0.25) is 0 Å². The molecule has 2 fully saturated rings. The van der Waals surface area contributed by atoms with E-state index in [4.69, 9.17) is 4.74 Å². The summed E-state index contributed by atoms with van der Waals surface area (Å²) < 4.78 is 6.14. The van der Waals surface area contributed by atoms with Crippen LogP contribution in [0.25, 0.3) is 0 Å². The van der Waals surface area contributed by atoms with Gasteiger partial charge in [-0.15, -0.1) is 0 Å². The van der Waals surface area contributed by atoms with Crippen molar-refractivity contribution in [3.05, 3.63) is 76.5 Å². The van der Waals surface area contributed by atoms with Gasteiger partial charge in [-0.25, -0.2) is 4.98 Å². The zero-order chi connectivity index (χ0) is 24.3. The number of nitrogens with zero attached hydrogens (tertiary/aromatic N) is 1. The summed E-state index contributed by atoms with van der Waals surface area (Å²) in [5.74, 6) is 1.99. The molecule has 8 nitrogen and oxygen atoms in total. The molecule has 0 saturated heterocycles. The van der Waals surface area contributed by atoms with Crippen LogP contribution in [0.1, 0.15) is 51.4 Å². The summed E-state index contributed by atoms with van der Waals surface area (Å²) >= 11 is 0. The highest BCUT2D eigenvalue weighted by atomic mass is 16.5. The lowest BCUT2D eigenvalue weighted by molar-refractivity contribution is -0.116. The standard InChI is InChI=1S/C27H25N3O5/c1-14-10-15(2-3-16(14)13-31)26(34)30-27-12-20(27)24(27)19-11-17(4-6-21(19)32)35-22-8-9-28-25-18(22)5-7-23(33)29-25/h2-4,6,8-11,20,24,31-32H,5,7,12-13H2,1H3,(H,30,34)(H,28,29,33)/t20-,24+,27-/m0/s1. The molecule has 8 heteroatoms. The first kappa shape index (κ1) is 21.6. The van der Waals surface area contributed by atoms with Crippen LogP contribution in [0.4, 0.5) is 5.82 Å². The van der Waals surface area contributed by atoms with Crippen molar-refractivity contribution in [3.8, 4) is 17.2 Å². The molecule has 3 aliphatic rings. The number of phenols is 1. The number of amides is 2. The number of aliphatic hydroxyl groups is 1. The number of benzene rings is 2. The van der Waals surface area contributed by atoms with Crippen LogP contribution in [0.3, 0.4) is 0 Å². The van der Waals surface area contributed by atoms with Crippen LogP contribution in [0, 0.1) is 12.8 Å². The van der Waals surface area contributed by atoms with Gasteiger partial charge in [-0.1, -0.05) is 6.07 Å². The molecule has 2 aromatic carbocycles. The van der Waals surface area contributed by atoms with Crippen molar-refractivity contribution in [1.29, 1.82) is 0 Å². The lowest BCUT2D eigenvalue weighted by atomic mass is 9.99. The summed E-state index contributed by atoms with van der Waals surface area (Å²) in [5, 5.41) is 25.9. The number of ether oxygens (including phenoxy) is 1. The second-order valence-electron chi connectivity index (χ2n) is 9.59. The molecule has 0 radical (unpaired) electrons. The van der Waals surface area contributed by atoms with E-state index in [1.54, 1.807) is 42.6 Å². The first-order chi connectivity index (χ1) is 16.9. The minimum absolute atomic E-state index is 0.0263. The van der Waals surface area contributed by atoms with Crippen molar-refractivity contribution < 1.29 is 24.5 Å². The Balaban J connectivity index is 1.20. The molecule has 35 heavy (non-hydrogen) atoms. The fourth-order valence-electron chi connectivity index (χ4n) is 5.25. The number of aliphatic hydroxyl groups excluding tert-OH is 1. The maximum atomic E-state index is 12.9. The second-order valence-corrected chi connectivity index (χ2v) is 9.59. The molecule has 3 atom stereocenters. The predicted molar refractivity (Wildman–Crippen MR) is 128 cm³/mol. The SMILES string of the molecule is Cc1cc(C(=O)N[C@@]23C[C@H]2[C@H]3c2cc(Oc3ccnc4c3CCC(=O)N4)ccc2O)ccc1CO. The summed E-state index contributed by atoms with van der Waals surface area (Å²) in [6.07, 6.45) is 3.40. The topological polar surface area (TPSA) is 121 Å². The van der Waals surface area contributed by atoms with E-state index in [0.29, 0.717) is 35.7 Å². The van der Waals surface area contributed by atoms with Gasteiger partial charge in [-0.3, -0.25) is 9.59 Å². The van der Waals surface area contributed by atoms with Crippen LogP contribution in [0.15, 0.2) is 48.7 Å². The van der Waals surface area contributed by atoms with Crippen LogP contribution in [0.5, 0.6) is 17.2 Å². The smallest absolute Gasteiger partial charge is 0.251 e. The number of aromatic hydroxyl groups is 1. The van der Waals surface area contributed by atoms with Crippen LogP contribution < -0.4 is 15.4 Å². The number of anilines is 1. The highest BCUT2D eigenvalue weighted by Crippen LogP contribution is 2.77. The molecular weight excluding hydrogens is 446 g/mol. The molecule has 2 amide bonds. The number of rotatable bonds is 6. The Morgan fingerprint density at radius 2 is 2.09 bits per heavy atom. The van der Waals surface area contributed by atoms with Gasteiger partial charge in [0.2, 0.25) is 5.91 Å². The number of pyridine rings is 1. The monoisotopic (exact) mass is 471 g/mol. The maximum Gasteiger partial charge on any atom is 0.251 e. The number of fused-ring (bicyclic) bond motifs is 2. The van der Waals surface area contributed by atoms with E-state index < -0.39 is 0 Å². The highest BCUT2D eigenvalue weighted by Gasteiger charge is 2.80. The summed E-state index contributed by atoms with van der Waals surface area (Å²) in [5.41, 5.74) is 3.49. The summed E-state index contributed by atoms with van der Waals surface area (Å²) in [6.45, 7) is 1.81. The van der Waals surface area contributed by atoms with Crippen molar-refractivity contribution in [2.75, 3.05) is 5.32 Å². The average molecular weight is 472 g/mol. The molecule has 0 unspecified atom stereocenters. The third-order valence-corrected chi connectivity index (χ3v) is 7.46. The molecule has 178 valence electrons. The average Bonchev–Trinajstić information content (AvgIpc) is 3.71. The van der Waals surface area contributed by atoms with E-state index in [0.717, 1.165) is 28.7 Å². The number of phenolic OH excluding ortho intramolecular Hbond substituents is 1. The summed E-state index contributed by atoms with van der Waals surface area (Å²) in [6, 6.07) is 12.2. The molecule has 3 aromatic rings. The number of carbonyl (C=O) groups is 2. The summed E-state index contributed by atoms with van der Waals surface area (Å²) in [7, 11) is 0. The molecule has 6 rings (SSSR count). The molecule has 4 N–H and O–H groups in total. The van der Waals surface area contributed by atoms with Crippen molar-refractivity contribution in [1.82, 2.24) is 10.3 Å². The van der Waals surface area contributed by atoms with Gasteiger partial charge in [-0.2, -0.15) is 0 Å². The Labute approximate surface area is 202 Å². The maximum absolute atomic E-state index is 12.9. The van der Waals surface area contributed by atoms with Crippen LogP contribution >= 0.6 is 0 Å². The predicted octanol–water partition coefficient (Wildman–Crippen LogP) is 3.55. The van der Waals surface area contributed by atoms with Crippen molar-refractivity contribution in [3.63, 3.8) is 0 Å². The largest absolute Gasteiger partial charge is 0.508 e. The van der Waals surface area contributed by atoms with Crippen LogP contribution in [-0.4, -0.2) is 32.6 Å². The van der Waals surface area contributed by atoms with E-state index >= 15 is 0 Å². The summed E-state index contributed by atoms with van der Waals surface area (Å²) in [4.78, 5) is 28.8. The Morgan fingerprint density at radius 1 is 1.23 bits per heavy atom. The second kappa shape index (κ2) is 7.81. The number of nitrogens with one attached hydrogen (secondary N) is 2. The Morgan fingerprint density at radius 3 is 2.86 bits per heavy atom. The van der Waals surface area contributed by atoms with E-state index in [-0.39, 0.29) is 41.5 Å². The lowest BCUT2D eigenvalue weighted by Gasteiger charge is -2.20. The van der Waals surface area contributed by atoms with Gasteiger partial charge in [0.15, 0.2) is 0 Å². The Hall–Kier alpha value is -3.91. The molecule has 2 heterocycles. The van der Waals surface area contributed by atoms with E-state index in [1.807, 2.05) is 13.0 Å². The number of carbonyl (C=O) groups excluding carboxylic acids is 2. The Bertz CT molecular complexity index is 1390. The van der Waals surface area contributed by atoms with Gasteiger partial charge in [0.25, 0.3) is 5.91 Å². The van der Waals surface area contributed by atoms with Gasteiger partial charge in [-0.05, 0) is 73.2 Å². The molecule has 2 saturated carbocycles. The normalized spacial score (nSPS) is 23.5. The number of aromatic nitrogens is 1. The molecule has 0 bridgehead atoms. The van der Waals surface area contributed by atoms with Crippen LogP contribution in [-0.2, 0) is 17.8 Å². The fraction of sp³-hybridized carbons (Fsp3) is 0.296. The van der Waals surface area contributed by atoms with E-state index in [9.17, 15) is 19.8 Å². The third kappa shape index (κ3) is 3.61. The molecule has 1 aromatic heterocycles. The van der Waals surface area contributed by atoms with Crippen molar-refractivity contribution >= 4 is 17.6 Å². The van der Waals surface area contributed by atoms with Gasteiger partial charge in [0, 0.05) is 35.2 Å². The fourth-order valence-corrected chi connectivity index (χ4v) is 5.25. The zero-order valence-electron chi connectivity index (χ0n) is 19.2. The third-order valence-electron chi connectivity index (χ3n) is 7.46. The van der Waals surface area contributed by atoms with E-state index in [2.05, 4.69) is 15.6 Å². The zero-order valence-corrected chi connectivity index (χ0v) is 19.2. The van der Waals surface area contributed by atoms with E-state index in [1.165, 1.54) is 0 Å². The van der Waals surface area contributed by atoms with Crippen molar-refractivity contribution in [2.24, 2.45) is 5.92 Å².